The van der Waals surface area contributed by atoms with E-state index in [2.05, 4.69) is 12.4 Å². The zero-order valence-corrected chi connectivity index (χ0v) is 13.7. The predicted octanol–water partition coefficient (Wildman–Crippen LogP) is -0.220. The van der Waals surface area contributed by atoms with Crippen LogP contribution in [0.25, 0.3) is 0 Å². The van der Waals surface area contributed by atoms with E-state index < -0.39 is 0 Å². The normalized spacial score (nSPS) is 18.7. The predicted molar refractivity (Wildman–Crippen MR) is 86.1 cm³/mol. The molecule has 1 saturated heterocycles. The molecule has 0 spiro atoms. The number of quaternary nitrogens is 1. The second-order valence-electron chi connectivity index (χ2n) is 6.17. The second-order valence-corrected chi connectivity index (χ2v) is 6.17. The largest absolute Gasteiger partial charge is 0.343 e. The third-order valence-corrected chi connectivity index (χ3v) is 4.36. The van der Waals surface area contributed by atoms with Crippen molar-refractivity contribution in [2.45, 2.75) is 20.3 Å². The number of aryl methyl sites for hydroxylation is 2. The molecule has 1 aromatic rings. The zero-order valence-electron chi connectivity index (χ0n) is 13.7. The van der Waals surface area contributed by atoms with E-state index in [0.717, 1.165) is 43.7 Å². The molecule has 1 fully saturated rings. The Kier molecular flexibility index (Phi) is 5.55. The van der Waals surface area contributed by atoms with Gasteiger partial charge in [0.2, 0.25) is 5.91 Å². The smallest absolute Gasteiger partial charge is 0.251 e. The van der Waals surface area contributed by atoms with Gasteiger partial charge in [0.1, 0.15) is 0 Å². The molecule has 2 N–H and O–H groups in total. The number of rotatable bonds is 3. The van der Waals surface area contributed by atoms with E-state index in [4.69, 9.17) is 0 Å². The molecule has 5 nitrogen and oxygen atoms in total. The van der Waals surface area contributed by atoms with Gasteiger partial charge in [-0.25, -0.2) is 0 Å². The average Bonchev–Trinajstić information content (AvgIpc) is 2.72. The highest BCUT2D eigenvalue weighted by Gasteiger charge is 2.19. The number of hydrogen-bond donors (Lipinski definition) is 2. The van der Waals surface area contributed by atoms with Crippen LogP contribution in [0.4, 0.5) is 0 Å². The fourth-order valence-corrected chi connectivity index (χ4v) is 2.64. The van der Waals surface area contributed by atoms with Crippen LogP contribution in [0, 0.1) is 13.8 Å². The van der Waals surface area contributed by atoms with Crippen molar-refractivity contribution in [3.05, 3.63) is 34.9 Å². The van der Waals surface area contributed by atoms with E-state index in [0.29, 0.717) is 5.56 Å². The Morgan fingerprint density at radius 2 is 1.95 bits per heavy atom. The molecule has 1 unspecified atom stereocenters. The second kappa shape index (κ2) is 7.40. The van der Waals surface area contributed by atoms with E-state index in [1.165, 1.54) is 4.90 Å². The molecular formula is C17H26N3O2+. The van der Waals surface area contributed by atoms with Gasteiger partial charge in [-0.15, -0.1) is 0 Å². The van der Waals surface area contributed by atoms with Gasteiger partial charge in [-0.1, -0.05) is 6.07 Å². The molecule has 120 valence electrons. The van der Waals surface area contributed by atoms with Crippen LogP contribution in [-0.2, 0) is 4.79 Å². The molecular weight excluding hydrogens is 278 g/mol. The number of carbonyl (C=O) groups excluding carboxylic acids is 2. The third kappa shape index (κ3) is 4.31. The third-order valence-electron chi connectivity index (χ3n) is 4.36. The summed E-state index contributed by atoms with van der Waals surface area (Å²) in [5.41, 5.74) is 2.84. The summed E-state index contributed by atoms with van der Waals surface area (Å²) in [5.74, 6) is -0.180. The van der Waals surface area contributed by atoms with Crippen molar-refractivity contribution in [2.24, 2.45) is 0 Å². The molecule has 22 heavy (non-hydrogen) atoms. The summed E-state index contributed by atoms with van der Waals surface area (Å²) in [5, 5.41) is 2.74. The minimum Gasteiger partial charge on any atom is -0.343 e. The summed E-state index contributed by atoms with van der Waals surface area (Å²) < 4.78 is 0. The maximum absolute atomic E-state index is 12.2. The highest BCUT2D eigenvalue weighted by atomic mass is 16.2. The highest BCUT2D eigenvalue weighted by Crippen LogP contribution is 2.09. The number of hydrogen-bond acceptors (Lipinski definition) is 2. The molecule has 5 heteroatoms. The number of nitrogens with zero attached hydrogens (tertiary/aromatic N) is 1. The number of likely N-dealkylation sites (N-methyl/N-ethyl adjacent to an activating group) is 1. The van der Waals surface area contributed by atoms with Crippen molar-refractivity contribution in [2.75, 3.05) is 39.8 Å². The maximum Gasteiger partial charge on any atom is 0.251 e. The summed E-state index contributed by atoms with van der Waals surface area (Å²) >= 11 is 0. The van der Waals surface area contributed by atoms with Crippen molar-refractivity contribution in [3.8, 4) is 0 Å². The first kappa shape index (κ1) is 16.5. The van der Waals surface area contributed by atoms with Gasteiger partial charge in [-0.05, 0) is 37.1 Å². The van der Waals surface area contributed by atoms with E-state index in [-0.39, 0.29) is 18.4 Å². The Morgan fingerprint density at radius 3 is 2.68 bits per heavy atom. The first-order chi connectivity index (χ1) is 10.5. The van der Waals surface area contributed by atoms with Crippen LogP contribution >= 0.6 is 0 Å². The van der Waals surface area contributed by atoms with Crippen molar-refractivity contribution in [1.82, 2.24) is 10.2 Å². The maximum atomic E-state index is 12.2. The van der Waals surface area contributed by atoms with Gasteiger partial charge in [0.25, 0.3) is 5.91 Å². The Hall–Kier alpha value is -1.88. The van der Waals surface area contributed by atoms with Gasteiger partial charge in [0.15, 0.2) is 0 Å². The van der Waals surface area contributed by atoms with Crippen molar-refractivity contribution >= 4 is 11.8 Å². The highest BCUT2D eigenvalue weighted by molar-refractivity contribution is 5.96. The Balaban J connectivity index is 1.87. The summed E-state index contributed by atoms with van der Waals surface area (Å²) in [6, 6.07) is 5.59. The van der Waals surface area contributed by atoms with Crippen molar-refractivity contribution < 1.29 is 14.5 Å². The lowest BCUT2D eigenvalue weighted by Gasteiger charge is -2.19. The molecule has 0 saturated carbocycles. The van der Waals surface area contributed by atoms with E-state index >= 15 is 0 Å². The summed E-state index contributed by atoms with van der Waals surface area (Å²) in [7, 11) is 2.15. The molecule has 0 radical (unpaired) electrons. The Labute approximate surface area is 132 Å². The first-order valence-corrected chi connectivity index (χ1v) is 7.92. The Bertz CT molecular complexity index is 557. The SMILES string of the molecule is Cc1ccc(C(=O)NCC(=O)N2CCC[NH+](C)CC2)cc1C. The monoisotopic (exact) mass is 304 g/mol. The van der Waals surface area contributed by atoms with E-state index in [1.807, 2.05) is 30.9 Å². The Morgan fingerprint density at radius 1 is 1.18 bits per heavy atom. The van der Waals surface area contributed by atoms with Crippen LogP contribution in [0.1, 0.15) is 27.9 Å². The van der Waals surface area contributed by atoms with Crippen LogP contribution in [-0.4, -0.2) is 56.5 Å². The molecule has 0 aromatic heterocycles. The molecule has 0 bridgehead atoms. The minimum absolute atomic E-state index is 0.00637. The van der Waals surface area contributed by atoms with Crippen LogP contribution in [0.3, 0.4) is 0 Å². The molecule has 2 amide bonds. The molecule has 1 aliphatic rings. The van der Waals surface area contributed by atoms with E-state index in [1.54, 1.807) is 6.07 Å². The molecule has 1 aliphatic heterocycles. The van der Waals surface area contributed by atoms with Gasteiger partial charge < -0.3 is 15.1 Å². The number of nitrogens with one attached hydrogen (secondary N) is 2. The average molecular weight is 304 g/mol. The summed E-state index contributed by atoms with van der Waals surface area (Å²) in [6.45, 7) is 7.69. The minimum atomic E-state index is -0.186. The van der Waals surface area contributed by atoms with Crippen LogP contribution in [0.15, 0.2) is 18.2 Å². The molecule has 1 aromatic carbocycles. The molecule has 1 heterocycles. The van der Waals surface area contributed by atoms with Gasteiger partial charge in [-0.3, -0.25) is 9.59 Å². The quantitative estimate of drug-likeness (QED) is 0.811. The van der Waals surface area contributed by atoms with Gasteiger partial charge >= 0.3 is 0 Å². The lowest BCUT2D eigenvalue weighted by atomic mass is 10.1. The lowest BCUT2D eigenvalue weighted by molar-refractivity contribution is -0.877. The van der Waals surface area contributed by atoms with Crippen molar-refractivity contribution in [3.63, 3.8) is 0 Å². The zero-order chi connectivity index (χ0) is 16.1. The van der Waals surface area contributed by atoms with Crippen LogP contribution in [0.5, 0.6) is 0 Å². The first-order valence-electron chi connectivity index (χ1n) is 7.92. The van der Waals surface area contributed by atoms with Crippen LogP contribution in [0.2, 0.25) is 0 Å². The molecule has 2 rings (SSSR count). The standard InChI is InChI=1S/C17H25N3O2/c1-13-5-6-15(11-14(13)2)17(22)18-12-16(21)20-8-4-7-19(3)9-10-20/h5-6,11H,4,7-10,12H2,1-3H3,(H,18,22)/p+1. The number of amides is 2. The fraction of sp³-hybridized carbons (Fsp3) is 0.529. The topological polar surface area (TPSA) is 53.9 Å². The molecule has 0 aliphatic carbocycles. The summed E-state index contributed by atoms with van der Waals surface area (Å²) in [4.78, 5) is 27.7. The fourth-order valence-electron chi connectivity index (χ4n) is 2.64. The number of benzene rings is 1. The van der Waals surface area contributed by atoms with Gasteiger partial charge in [-0.2, -0.15) is 0 Å². The number of carbonyl (C=O) groups is 2. The van der Waals surface area contributed by atoms with Gasteiger partial charge in [0.05, 0.1) is 33.2 Å². The van der Waals surface area contributed by atoms with Crippen LogP contribution < -0.4 is 10.2 Å². The van der Waals surface area contributed by atoms with Crippen molar-refractivity contribution in [1.29, 1.82) is 0 Å². The van der Waals surface area contributed by atoms with Gasteiger partial charge in [0, 0.05) is 18.5 Å². The van der Waals surface area contributed by atoms with E-state index in [9.17, 15) is 9.59 Å². The summed E-state index contributed by atoms with van der Waals surface area (Å²) in [6.07, 6.45) is 1.02. The molecule has 1 atom stereocenters. The lowest BCUT2D eigenvalue weighted by Crippen LogP contribution is -3.09.